The minimum absolute atomic E-state index is 0.177. The lowest BCUT2D eigenvalue weighted by atomic mass is 9.94. The highest BCUT2D eigenvalue weighted by atomic mass is 16.4. The molecule has 0 aliphatic rings. The summed E-state index contributed by atoms with van der Waals surface area (Å²) >= 11 is 0. The van der Waals surface area contributed by atoms with Gasteiger partial charge >= 0.3 is 21.2 Å². The number of carboxylic acid groups (broad SMARTS) is 1. The summed E-state index contributed by atoms with van der Waals surface area (Å²) in [6.45, 7) is 3.55. The topological polar surface area (TPSA) is 115 Å². The molecule has 12 heteroatoms. The third kappa shape index (κ3) is 13.3. The Bertz CT molecular complexity index is 333. The normalized spacial score (nSPS) is 14.6. The second-order valence-corrected chi connectivity index (χ2v) is 5.94. The lowest BCUT2D eigenvalue weighted by Gasteiger charge is -2.35. The first-order valence-electron chi connectivity index (χ1n) is 8.37. The summed E-state index contributed by atoms with van der Waals surface area (Å²) in [4.78, 5) is 11.2. The maximum absolute atomic E-state index is 11.2. The van der Waals surface area contributed by atoms with E-state index in [2.05, 4.69) is 17.5 Å². The van der Waals surface area contributed by atoms with Crippen LogP contribution in [0.4, 0.5) is 0 Å². The van der Waals surface area contributed by atoms with E-state index in [4.69, 9.17) is 19.7 Å². The highest BCUT2D eigenvalue weighted by Gasteiger charge is 2.23. The zero-order valence-corrected chi connectivity index (χ0v) is 15.6. The van der Waals surface area contributed by atoms with E-state index in [0.717, 1.165) is 43.4 Å². The van der Waals surface area contributed by atoms with E-state index in [1.54, 1.807) is 22.2 Å². The van der Waals surface area contributed by atoms with Crippen LogP contribution in [0.25, 0.3) is 0 Å². The first kappa shape index (κ1) is 24.4. The minimum atomic E-state index is -0.886. The maximum Gasteiger partial charge on any atom is 0.396 e. The lowest BCUT2D eigenvalue weighted by Crippen LogP contribution is -2.50. The number of nitrogens with zero attached hydrogens (tertiary/aromatic N) is 1. The number of aliphatic carboxylic acids is 1. The molecule has 0 bridgehead atoms. The molecule has 0 saturated heterocycles. The summed E-state index contributed by atoms with van der Waals surface area (Å²) in [5, 5.41) is 15.1. The molecule has 141 valence electrons. The Kier molecular flexibility index (Phi) is 15.2. The van der Waals surface area contributed by atoms with Crippen molar-refractivity contribution in [2.75, 3.05) is 54.2 Å². The zero-order valence-electron chi connectivity index (χ0n) is 15.6. The van der Waals surface area contributed by atoms with Crippen LogP contribution in [0.3, 0.4) is 0 Å². The summed E-state index contributed by atoms with van der Waals surface area (Å²) in [5.41, 5.74) is 5.31. The van der Waals surface area contributed by atoms with Crippen molar-refractivity contribution in [3.8, 4) is 0 Å². The number of likely N-dealkylation sites (N-methyl/N-ethyl adjacent to an activating group) is 1. The third-order valence-electron chi connectivity index (χ3n) is 3.87. The van der Waals surface area contributed by atoms with Gasteiger partial charge in [0, 0.05) is 20.8 Å². The Hall–Kier alpha value is -0.615. The predicted octanol–water partition coefficient (Wildman–Crippen LogP) is -1.82. The molecule has 3 radical (unpaired) electrons. The molecule has 25 heavy (non-hydrogen) atoms. The molecule has 0 amide bonds. The fraction of sp³-hybridized carbons (Fsp3) is 0.923. The number of carboxylic acids is 1. The van der Waals surface area contributed by atoms with Crippen LogP contribution in [0, 0.1) is 0 Å². The fourth-order valence-corrected chi connectivity index (χ4v) is 2.43. The summed E-state index contributed by atoms with van der Waals surface area (Å²) in [6.07, 6.45) is 2.06. The number of hydrogen-bond acceptors (Lipinski definition) is 7. The SMILES string of the molecule is CO[B]NCC[N+](C)(CC[B]OCN)CCCC(N[B]OC)C(=O)O. The molecule has 2 unspecified atom stereocenters. The molecule has 2 atom stereocenters. The Labute approximate surface area is 153 Å². The highest BCUT2D eigenvalue weighted by Crippen LogP contribution is 2.09. The fourth-order valence-electron chi connectivity index (χ4n) is 2.43. The van der Waals surface area contributed by atoms with Gasteiger partial charge < -0.3 is 39.7 Å². The van der Waals surface area contributed by atoms with Crippen LogP contribution in [0.15, 0.2) is 0 Å². The van der Waals surface area contributed by atoms with E-state index >= 15 is 0 Å². The summed E-state index contributed by atoms with van der Waals surface area (Å²) < 4.78 is 15.5. The molecule has 0 fully saturated rings. The number of hydrogen-bond donors (Lipinski definition) is 4. The van der Waals surface area contributed by atoms with Crippen molar-refractivity contribution in [2.45, 2.75) is 25.2 Å². The maximum atomic E-state index is 11.2. The van der Waals surface area contributed by atoms with Crippen LogP contribution in [-0.4, -0.2) is 98.5 Å². The molecular formula is C13H31B3N4O5+. The van der Waals surface area contributed by atoms with Crippen LogP contribution < -0.4 is 16.2 Å². The monoisotopic (exact) mass is 356 g/mol. The van der Waals surface area contributed by atoms with E-state index < -0.39 is 12.0 Å². The molecule has 0 aliphatic carbocycles. The van der Waals surface area contributed by atoms with Crippen molar-refractivity contribution < 1.29 is 28.3 Å². The number of nitrogens with one attached hydrogen (secondary N) is 2. The van der Waals surface area contributed by atoms with Crippen LogP contribution in [0.5, 0.6) is 0 Å². The van der Waals surface area contributed by atoms with Crippen LogP contribution >= 0.6 is 0 Å². The molecule has 5 N–H and O–H groups in total. The number of rotatable bonds is 18. The van der Waals surface area contributed by atoms with Gasteiger partial charge in [0.15, 0.2) is 0 Å². The summed E-state index contributed by atoms with van der Waals surface area (Å²) in [5.74, 6) is -0.886. The van der Waals surface area contributed by atoms with Crippen molar-refractivity contribution in [3.63, 3.8) is 0 Å². The molecule has 0 heterocycles. The first-order valence-corrected chi connectivity index (χ1v) is 8.37. The molecule has 0 saturated carbocycles. The van der Waals surface area contributed by atoms with Gasteiger partial charge in [-0.1, -0.05) is 0 Å². The quantitative estimate of drug-likeness (QED) is 0.0983. The van der Waals surface area contributed by atoms with E-state index in [1.165, 1.54) is 14.7 Å². The molecular weight excluding hydrogens is 325 g/mol. The zero-order chi connectivity index (χ0) is 19.0. The van der Waals surface area contributed by atoms with E-state index in [0.29, 0.717) is 6.42 Å². The number of quaternary nitrogens is 1. The molecule has 0 aliphatic heterocycles. The van der Waals surface area contributed by atoms with E-state index in [-0.39, 0.29) is 6.73 Å². The standard InChI is InChI=1S/C13H30B3N4O5/c1-20(9-6-14-25-11-17,10-7-18-15-23-2)8-4-5-12(13(21)22)19-16-24-3/h12,18-19H,4-11,17H2,1-3H3/p+1. The Balaban J connectivity index is 4.39. The number of nitrogens with two attached hydrogens (primary N) is 1. The second kappa shape index (κ2) is 15.6. The molecule has 0 aromatic carbocycles. The van der Waals surface area contributed by atoms with Crippen molar-refractivity contribution in [3.05, 3.63) is 0 Å². The molecule has 0 rings (SSSR count). The third-order valence-corrected chi connectivity index (χ3v) is 3.87. The Morgan fingerprint density at radius 2 is 1.96 bits per heavy atom. The van der Waals surface area contributed by atoms with Crippen molar-refractivity contribution in [2.24, 2.45) is 5.73 Å². The average molecular weight is 356 g/mol. The van der Waals surface area contributed by atoms with Crippen LogP contribution in [-0.2, 0) is 18.8 Å². The lowest BCUT2D eigenvalue weighted by molar-refractivity contribution is -0.906. The van der Waals surface area contributed by atoms with Gasteiger partial charge in [-0.25, -0.2) is 0 Å². The van der Waals surface area contributed by atoms with Gasteiger partial charge in [0.05, 0.1) is 39.5 Å². The Morgan fingerprint density at radius 1 is 1.24 bits per heavy atom. The molecule has 0 aromatic rings. The van der Waals surface area contributed by atoms with E-state index in [1.807, 2.05) is 0 Å². The number of carbonyl (C=O) groups is 1. The molecule has 0 aromatic heterocycles. The largest absolute Gasteiger partial charge is 0.480 e. The highest BCUT2D eigenvalue weighted by molar-refractivity contribution is 6.27. The van der Waals surface area contributed by atoms with Gasteiger partial charge in [-0.2, -0.15) is 0 Å². The van der Waals surface area contributed by atoms with Gasteiger partial charge in [0.1, 0.15) is 0 Å². The molecule has 0 spiro atoms. The average Bonchev–Trinajstić information content (AvgIpc) is 2.58. The van der Waals surface area contributed by atoms with Crippen molar-refractivity contribution in [1.29, 1.82) is 0 Å². The summed E-state index contributed by atoms with van der Waals surface area (Å²) in [6, 6.07) is -0.652. The van der Waals surface area contributed by atoms with Crippen LogP contribution in [0.2, 0.25) is 6.32 Å². The summed E-state index contributed by atoms with van der Waals surface area (Å²) in [7, 11) is 9.80. The minimum Gasteiger partial charge on any atom is -0.480 e. The van der Waals surface area contributed by atoms with Crippen LogP contribution in [0.1, 0.15) is 12.8 Å². The van der Waals surface area contributed by atoms with Gasteiger partial charge in [0.2, 0.25) is 0 Å². The van der Waals surface area contributed by atoms with Gasteiger partial charge in [0.25, 0.3) is 7.48 Å². The smallest absolute Gasteiger partial charge is 0.396 e. The van der Waals surface area contributed by atoms with Crippen molar-refractivity contribution >= 4 is 28.7 Å². The first-order chi connectivity index (χ1) is 12.0. The second-order valence-electron chi connectivity index (χ2n) is 5.94. The van der Waals surface area contributed by atoms with Gasteiger partial charge in [-0.3, -0.25) is 4.79 Å². The van der Waals surface area contributed by atoms with Gasteiger partial charge in [-0.15, -0.1) is 0 Å². The Morgan fingerprint density at radius 3 is 2.56 bits per heavy atom. The predicted molar refractivity (Wildman–Crippen MR) is 98.8 cm³/mol. The van der Waals surface area contributed by atoms with E-state index in [9.17, 15) is 9.90 Å². The van der Waals surface area contributed by atoms with Crippen molar-refractivity contribution in [1.82, 2.24) is 10.5 Å². The molecule has 9 nitrogen and oxygen atoms in total. The van der Waals surface area contributed by atoms with Gasteiger partial charge in [-0.05, 0) is 19.2 Å².